The SMILES string of the molecule is Clc1ccc(C(c2cccc3ccccc23)N2CCCNCC2)cc1. The molecule has 0 amide bonds. The predicted molar refractivity (Wildman–Crippen MR) is 106 cm³/mol. The Kier molecular flexibility index (Phi) is 5.02. The van der Waals surface area contributed by atoms with Crippen LogP contribution in [0.3, 0.4) is 0 Å². The highest BCUT2D eigenvalue weighted by Crippen LogP contribution is 2.34. The molecule has 4 rings (SSSR count). The van der Waals surface area contributed by atoms with Gasteiger partial charge < -0.3 is 5.32 Å². The van der Waals surface area contributed by atoms with E-state index in [2.05, 4.69) is 64.8 Å². The predicted octanol–water partition coefficient (Wildman–Crippen LogP) is 4.88. The second kappa shape index (κ2) is 7.57. The second-order valence-corrected chi connectivity index (χ2v) is 7.10. The van der Waals surface area contributed by atoms with Crippen LogP contribution in [-0.2, 0) is 0 Å². The fraction of sp³-hybridized carbons (Fsp3) is 0.273. The molecule has 0 aromatic heterocycles. The van der Waals surface area contributed by atoms with E-state index in [1.807, 2.05) is 12.1 Å². The number of hydrogen-bond acceptors (Lipinski definition) is 2. The van der Waals surface area contributed by atoms with Crippen molar-refractivity contribution in [3.63, 3.8) is 0 Å². The first-order chi connectivity index (χ1) is 12.3. The number of rotatable bonds is 3. The van der Waals surface area contributed by atoms with Crippen LogP contribution >= 0.6 is 11.6 Å². The van der Waals surface area contributed by atoms with Crippen LogP contribution in [0.4, 0.5) is 0 Å². The standard InChI is InChI=1S/C22H23ClN2/c23-19-11-9-18(10-12-19)22(25-15-4-13-24-14-16-25)21-8-3-6-17-5-1-2-7-20(17)21/h1-3,5-12,22,24H,4,13-16H2. The van der Waals surface area contributed by atoms with E-state index in [4.69, 9.17) is 11.6 Å². The highest BCUT2D eigenvalue weighted by molar-refractivity contribution is 6.30. The van der Waals surface area contributed by atoms with Crippen LogP contribution in [0.2, 0.25) is 5.02 Å². The Morgan fingerprint density at radius 2 is 1.64 bits per heavy atom. The van der Waals surface area contributed by atoms with E-state index < -0.39 is 0 Å². The van der Waals surface area contributed by atoms with Gasteiger partial charge in [0, 0.05) is 24.7 Å². The minimum atomic E-state index is 0.253. The number of nitrogens with one attached hydrogen (secondary N) is 1. The molecule has 25 heavy (non-hydrogen) atoms. The molecule has 0 saturated carbocycles. The zero-order valence-electron chi connectivity index (χ0n) is 14.3. The fourth-order valence-corrected chi connectivity index (χ4v) is 3.97. The van der Waals surface area contributed by atoms with Crippen molar-refractivity contribution < 1.29 is 0 Å². The van der Waals surface area contributed by atoms with Crippen molar-refractivity contribution in [2.75, 3.05) is 26.2 Å². The van der Waals surface area contributed by atoms with Crippen LogP contribution in [0, 0.1) is 0 Å². The molecule has 0 aliphatic carbocycles. The summed E-state index contributed by atoms with van der Waals surface area (Å²) in [6.07, 6.45) is 1.18. The van der Waals surface area contributed by atoms with Gasteiger partial charge in [-0.15, -0.1) is 0 Å². The first-order valence-corrected chi connectivity index (χ1v) is 9.38. The lowest BCUT2D eigenvalue weighted by Gasteiger charge is -2.32. The van der Waals surface area contributed by atoms with Crippen molar-refractivity contribution in [3.8, 4) is 0 Å². The summed E-state index contributed by atoms with van der Waals surface area (Å²) < 4.78 is 0. The van der Waals surface area contributed by atoms with Crippen LogP contribution in [0.15, 0.2) is 66.7 Å². The zero-order chi connectivity index (χ0) is 17.1. The number of halogens is 1. The fourth-order valence-electron chi connectivity index (χ4n) is 3.85. The van der Waals surface area contributed by atoms with E-state index in [9.17, 15) is 0 Å². The maximum atomic E-state index is 6.15. The number of nitrogens with zero attached hydrogens (tertiary/aromatic N) is 1. The minimum absolute atomic E-state index is 0.253. The summed E-state index contributed by atoms with van der Waals surface area (Å²) in [5.41, 5.74) is 2.69. The summed E-state index contributed by atoms with van der Waals surface area (Å²) >= 11 is 6.15. The third-order valence-electron chi connectivity index (χ3n) is 5.04. The molecule has 1 heterocycles. The number of hydrogen-bond donors (Lipinski definition) is 1. The van der Waals surface area contributed by atoms with Gasteiger partial charge >= 0.3 is 0 Å². The first-order valence-electron chi connectivity index (χ1n) is 9.01. The van der Waals surface area contributed by atoms with E-state index in [1.54, 1.807) is 0 Å². The normalized spacial score (nSPS) is 17.3. The van der Waals surface area contributed by atoms with Crippen LogP contribution < -0.4 is 5.32 Å². The molecule has 0 radical (unpaired) electrons. The van der Waals surface area contributed by atoms with Gasteiger partial charge in [0.05, 0.1) is 6.04 Å². The molecule has 0 spiro atoms. The van der Waals surface area contributed by atoms with E-state index in [0.717, 1.165) is 31.2 Å². The van der Waals surface area contributed by atoms with Crippen molar-refractivity contribution in [2.45, 2.75) is 12.5 Å². The van der Waals surface area contributed by atoms with Crippen LogP contribution in [0.5, 0.6) is 0 Å². The smallest absolute Gasteiger partial charge is 0.0608 e. The highest BCUT2D eigenvalue weighted by Gasteiger charge is 2.24. The van der Waals surface area contributed by atoms with Crippen molar-refractivity contribution >= 4 is 22.4 Å². The third kappa shape index (κ3) is 3.57. The zero-order valence-corrected chi connectivity index (χ0v) is 15.0. The van der Waals surface area contributed by atoms with Crippen LogP contribution in [0.25, 0.3) is 10.8 Å². The average Bonchev–Trinajstić information content (AvgIpc) is 2.93. The average molecular weight is 351 g/mol. The first kappa shape index (κ1) is 16.6. The summed E-state index contributed by atoms with van der Waals surface area (Å²) in [6, 6.07) is 23.9. The van der Waals surface area contributed by atoms with Crippen molar-refractivity contribution in [1.82, 2.24) is 10.2 Å². The Bertz CT molecular complexity index is 831. The lowest BCUT2D eigenvalue weighted by atomic mass is 9.92. The topological polar surface area (TPSA) is 15.3 Å². The lowest BCUT2D eigenvalue weighted by molar-refractivity contribution is 0.242. The largest absolute Gasteiger partial charge is 0.315 e. The quantitative estimate of drug-likeness (QED) is 0.724. The Hall–Kier alpha value is -1.87. The summed E-state index contributed by atoms with van der Waals surface area (Å²) in [4.78, 5) is 2.60. The van der Waals surface area contributed by atoms with Gasteiger partial charge in [-0.3, -0.25) is 4.90 Å². The Morgan fingerprint density at radius 1 is 0.840 bits per heavy atom. The van der Waals surface area contributed by atoms with Crippen molar-refractivity contribution in [2.24, 2.45) is 0 Å². The molecule has 3 aromatic carbocycles. The van der Waals surface area contributed by atoms with E-state index in [0.29, 0.717) is 0 Å². The van der Waals surface area contributed by atoms with Crippen LogP contribution in [0.1, 0.15) is 23.6 Å². The molecule has 3 aromatic rings. The molecular weight excluding hydrogens is 328 g/mol. The van der Waals surface area contributed by atoms with Gasteiger partial charge in [-0.05, 0) is 47.0 Å². The maximum absolute atomic E-state index is 6.15. The van der Waals surface area contributed by atoms with Gasteiger partial charge in [0.15, 0.2) is 0 Å². The molecule has 1 atom stereocenters. The molecule has 128 valence electrons. The molecular formula is C22H23ClN2. The summed E-state index contributed by atoms with van der Waals surface area (Å²) in [5.74, 6) is 0. The molecule has 1 saturated heterocycles. The minimum Gasteiger partial charge on any atom is -0.315 e. The highest BCUT2D eigenvalue weighted by atomic mass is 35.5. The third-order valence-corrected chi connectivity index (χ3v) is 5.30. The lowest BCUT2D eigenvalue weighted by Crippen LogP contribution is -2.33. The second-order valence-electron chi connectivity index (χ2n) is 6.66. The summed E-state index contributed by atoms with van der Waals surface area (Å²) in [7, 11) is 0. The number of fused-ring (bicyclic) bond motifs is 1. The maximum Gasteiger partial charge on any atom is 0.0608 e. The molecule has 1 N–H and O–H groups in total. The monoisotopic (exact) mass is 350 g/mol. The van der Waals surface area contributed by atoms with E-state index >= 15 is 0 Å². The van der Waals surface area contributed by atoms with Gasteiger partial charge in [0.2, 0.25) is 0 Å². The van der Waals surface area contributed by atoms with Gasteiger partial charge in [0.25, 0.3) is 0 Å². The Morgan fingerprint density at radius 3 is 2.52 bits per heavy atom. The van der Waals surface area contributed by atoms with E-state index in [1.165, 1.54) is 28.3 Å². The molecule has 1 fully saturated rings. The molecule has 2 nitrogen and oxygen atoms in total. The molecule has 0 bridgehead atoms. The van der Waals surface area contributed by atoms with Crippen molar-refractivity contribution in [1.29, 1.82) is 0 Å². The Labute approximate surface area is 154 Å². The molecule has 1 aliphatic rings. The Balaban J connectivity index is 1.85. The van der Waals surface area contributed by atoms with Crippen LogP contribution in [-0.4, -0.2) is 31.1 Å². The van der Waals surface area contributed by atoms with Gasteiger partial charge in [-0.2, -0.15) is 0 Å². The van der Waals surface area contributed by atoms with Gasteiger partial charge in [-0.25, -0.2) is 0 Å². The molecule has 3 heteroatoms. The summed E-state index contributed by atoms with van der Waals surface area (Å²) in [5, 5.41) is 6.94. The molecule has 1 unspecified atom stereocenters. The van der Waals surface area contributed by atoms with Gasteiger partial charge in [0.1, 0.15) is 0 Å². The molecule has 1 aliphatic heterocycles. The summed E-state index contributed by atoms with van der Waals surface area (Å²) in [6.45, 7) is 4.29. The van der Waals surface area contributed by atoms with Gasteiger partial charge in [-0.1, -0.05) is 66.2 Å². The van der Waals surface area contributed by atoms with Crippen molar-refractivity contribution in [3.05, 3.63) is 82.9 Å². The van der Waals surface area contributed by atoms with E-state index in [-0.39, 0.29) is 6.04 Å². The number of benzene rings is 3.